The van der Waals surface area contributed by atoms with Crippen molar-refractivity contribution in [2.45, 2.75) is 63.1 Å². The Kier molecular flexibility index (Phi) is 11.3. The summed E-state index contributed by atoms with van der Waals surface area (Å²) in [5.74, 6) is 0.122. The number of piperazine rings is 1. The number of benzene rings is 3. The number of nitrogens with one attached hydrogen (secondary N) is 1. The highest BCUT2D eigenvalue weighted by atomic mass is 79.9. The zero-order valence-corrected chi connectivity index (χ0v) is 28.9. The van der Waals surface area contributed by atoms with E-state index in [-0.39, 0.29) is 55.0 Å². The molecule has 2 N–H and O–H groups in total. The molecule has 2 atom stereocenters. The molecule has 258 valence electrons. The van der Waals surface area contributed by atoms with Crippen molar-refractivity contribution in [1.82, 2.24) is 15.1 Å². The second-order valence-electron chi connectivity index (χ2n) is 12.8. The number of ether oxygens (including phenoxy) is 2. The summed E-state index contributed by atoms with van der Waals surface area (Å²) in [6, 6.07) is 21.6. The van der Waals surface area contributed by atoms with Crippen LogP contribution in [0, 0.1) is 5.82 Å². The van der Waals surface area contributed by atoms with E-state index in [0.29, 0.717) is 57.0 Å². The van der Waals surface area contributed by atoms with Crippen molar-refractivity contribution >= 4 is 39.3 Å². The Morgan fingerprint density at radius 2 is 1.55 bits per heavy atom. The molecule has 9 nitrogen and oxygen atoms in total. The minimum absolute atomic E-state index is 0.0406. The number of rotatable bonds is 15. The van der Waals surface area contributed by atoms with Crippen LogP contribution in [0.5, 0.6) is 11.5 Å². The van der Waals surface area contributed by atoms with Gasteiger partial charge in [0.15, 0.2) is 0 Å². The molecule has 1 aliphatic carbocycles. The Balaban J connectivity index is 1.20. The molecule has 6 rings (SSSR count). The van der Waals surface area contributed by atoms with Crippen LogP contribution in [0.25, 0.3) is 5.57 Å². The molecule has 3 aromatic carbocycles. The van der Waals surface area contributed by atoms with Crippen LogP contribution in [0.3, 0.4) is 0 Å². The molecule has 49 heavy (non-hydrogen) atoms. The zero-order chi connectivity index (χ0) is 34.3. The summed E-state index contributed by atoms with van der Waals surface area (Å²) in [5, 5.41) is 12.7. The molecule has 1 saturated carbocycles. The molecule has 1 saturated heterocycles. The number of halogens is 2. The van der Waals surface area contributed by atoms with Crippen LogP contribution >= 0.6 is 15.9 Å². The monoisotopic (exact) mass is 733 g/mol. The third-order valence-electron chi connectivity index (χ3n) is 9.21. The van der Waals surface area contributed by atoms with E-state index in [1.54, 1.807) is 17.0 Å². The third kappa shape index (κ3) is 9.27. The number of nitrogens with zero attached hydrogens (tertiary/aromatic N) is 2. The van der Waals surface area contributed by atoms with Crippen molar-refractivity contribution in [3.05, 3.63) is 99.8 Å². The van der Waals surface area contributed by atoms with Gasteiger partial charge in [-0.25, -0.2) is 4.39 Å². The van der Waals surface area contributed by atoms with Crippen molar-refractivity contribution in [3.63, 3.8) is 0 Å². The molecule has 2 fully saturated rings. The summed E-state index contributed by atoms with van der Waals surface area (Å²) in [7, 11) is 0. The van der Waals surface area contributed by atoms with Crippen LogP contribution in [-0.2, 0) is 20.8 Å². The van der Waals surface area contributed by atoms with Gasteiger partial charge in [0.2, 0.25) is 5.91 Å². The molecule has 2 heterocycles. The molecule has 11 heteroatoms. The molecule has 0 unspecified atom stereocenters. The van der Waals surface area contributed by atoms with Gasteiger partial charge >= 0.3 is 5.97 Å². The van der Waals surface area contributed by atoms with Gasteiger partial charge in [-0.15, -0.1) is 0 Å². The van der Waals surface area contributed by atoms with Crippen molar-refractivity contribution in [1.29, 1.82) is 0 Å². The van der Waals surface area contributed by atoms with Crippen LogP contribution in [-0.4, -0.2) is 83.7 Å². The number of hydrogen-bond acceptors (Lipinski definition) is 6. The van der Waals surface area contributed by atoms with E-state index < -0.39 is 5.97 Å². The van der Waals surface area contributed by atoms with Gasteiger partial charge in [-0.2, -0.15) is 0 Å². The van der Waals surface area contributed by atoms with E-state index in [4.69, 9.17) is 14.6 Å². The van der Waals surface area contributed by atoms with Gasteiger partial charge in [-0.3, -0.25) is 14.4 Å². The number of carboxylic acids is 1. The first kappa shape index (κ1) is 34.6. The minimum atomic E-state index is -0.920. The third-order valence-corrected chi connectivity index (χ3v) is 9.74. The molecule has 3 aliphatic rings. The summed E-state index contributed by atoms with van der Waals surface area (Å²) in [6.45, 7) is 2.10. The van der Waals surface area contributed by atoms with Crippen molar-refractivity contribution in [2.75, 3.05) is 32.8 Å². The second-order valence-corrected chi connectivity index (χ2v) is 13.8. The zero-order valence-electron chi connectivity index (χ0n) is 27.3. The van der Waals surface area contributed by atoms with Crippen LogP contribution in [0.1, 0.15) is 49.7 Å². The van der Waals surface area contributed by atoms with Gasteiger partial charge in [-0.05, 0) is 97.3 Å². The first-order valence-electron chi connectivity index (χ1n) is 16.9. The Morgan fingerprint density at radius 1 is 0.898 bits per heavy atom. The Morgan fingerprint density at radius 3 is 2.18 bits per heavy atom. The lowest BCUT2D eigenvalue weighted by Crippen LogP contribution is -2.62. The SMILES string of the molecule is O=C(O)CCCC(=O)N1C[C@H]2CC(c3ccc(OCCOc4ccc(Br)cc4)cc3)=C(C(=O)N(CCc3ccc(F)cc3)C3CC3)[C@@H](C1)N2. The number of carboxylic acid groups (broad SMARTS) is 1. The smallest absolute Gasteiger partial charge is 0.303 e. The summed E-state index contributed by atoms with van der Waals surface area (Å²) in [4.78, 5) is 42.5. The molecular weight excluding hydrogens is 693 g/mol. The minimum Gasteiger partial charge on any atom is -0.490 e. The summed E-state index contributed by atoms with van der Waals surface area (Å²) >= 11 is 3.42. The standard InChI is InChI=1S/C38H41BrFN3O6/c39-27-8-16-32(17-9-27)49-21-20-48-31-14-6-26(7-15-31)33-22-29-23-42(35(44)2-1-3-36(45)46)24-34(41-29)37(33)38(47)43(30-12-13-30)19-18-25-4-10-28(40)11-5-25/h4-11,14-17,29-30,34,41H,1-3,12-13,18-24H2,(H,45,46)/t29-,34-/m1/s1. The molecule has 2 aliphatic heterocycles. The van der Waals surface area contributed by atoms with Gasteiger partial charge in [0.1, 0.15) is 30.5 Å². The maximum absolute atomic E-state index is 14.6. The van der Waals surface area contributed by atoms with E-state index in [9.17, 15) is 18.8 Å². The Bertz CT molecular complexity index is 1660. The van der Waals surface area contributed by atoms with Gasteiger partial charge in [-0.1, -0.05) is 40.2 Å². The first-order valence-corrected chi connectivity index (χ1v) is 17.7. The normalized spacial score (nSPS) is 18.6. The maximum atomic E-state index is 14.6. The fraction of sp³-hybridized carbons (Fsp3) is 0.395. The number of carbonyl (C=O) groups excluding carboxylic acids is 2. The highest BCUT2D eigenvalue weighted by Gasteiger charge is 2.43. The first-order chi connectivity index (χ1) is 23.7. The summed E-state index contributed by atoms with van der Waals surface area (Å²) in [5.41, 5.74) is 3.54. The predicted octanol–water partition coefficient (Wildman–Crippen LogP) is 5.86. The number of amides is 2. The van der Waals surface area contributed by atoms with Gasteiger partial charge < -0.3 is 29.7 Å². The molecule has 3 aromatic rings. The molecule has 0 radical (unpaired) electrons. The van der Waals surface area contributed by atoms with Crippen molar-refractivity contribution < 1.29 is 33.4 Å². The van der Waals surface area contributed by atoms with Gasteiger partial charge in [0.25, 0.3) is 5.91 Å². The van der Waals surface area contributed by atoms with Crippen molar-refractivity contribution in [3.8, 4) is 11.5 Å². The fourth-order valence-corrected chi connectivity index (χ4v) is 6.88. The molecule has 0 spiro atoms. The largest absolute Gasteiger partial charge is 0.490 e. The van der Waals surface area contributed by atoms with Crippen LogP contribution in [0.4, 0.5) is 4.39 Å². The van der Waals surface area contributed by atoms with Crippen molar-refractivity contribution in [2.24, 2.45) is 0 Å². The lowest BCUT2D eigenvalue weighted by Gasteiger charge is -2.45. The molecule has 2 bridgehead atoms. The van der Waals surface area contributed by atoms with Crippen LogP contribution in [0.15, 0.2) is 82.8 Å². The lowest BCUT2D eigenvalue weighted by atomic mass is 9.82. The van der Waals surface area contributed by atoms with E-state index in [1.165, 1.54) is 12.1 Å². The molecule has 2 amide bonds. The average Bonchev–Trinajstić information content (AvgIpc) is 3.93. The number of hydrogen-bond donors (Lipinski definition) is 2. The predicted molar refractivity (Wildman–Crippen MR) is 187 cm³/mol. The quantitative estimate of drug-likeness (QED) is 0.189. The highest BCUT2D eigenvalue weighted by Crippen LogP contribution is 2.37. The lowest BCUT2D eigenvalue weighted by molar-refractivity contribution is -0.138. The van der Waals surface area contributed by atoms with Gasteiger partial charge in [0.05, 0.1) is 6.04 Å². The van der Waals surface area contributed by atoms with E-state index in [1.807, 2.05) is 53.4 Å². The van der Waals surface area contributed by atoms with E-state index in [0.717, 1.165) is 39.8 Å². The number of fused-ring (bicyclic) bond motifs is 2. The number of aliphatic carboxylic acids is 1. The summed E-state index contributed by atoms with van der Waals surface area (Å²) in [6.07, 6.45) is 3.43. The van der Waals surface area contributed by atoms with E-state index >= 15 is 0 Å². The highest BCUT2D eigenvalue weighted by molar-refractivity contribution is 9.10. The summed E-state index contributed by atoms with van der Waals surface area (Å²) < 4.78 is 26.2. The van der Waals surface area contributed by atoms with Crippen LogP contribution in [0.2, 0.25) is 0 Å². The molecular formula is C38H41BrFN3O6. The average molecular weight is 735 g/mol. The Hall–Kier alpha value is -4.22. The second kappa shape index (κ2) is 16.0. The maximum Gasteiger partial charge on any atom is 0.303 e. The van der Waals surface area contributed by atoms with Crippen LogP contribution < -0.4 is 14.8 Å². The molecule has 0 aromatic heterocycles. The fourth-order valence-electron chi connectivity index (χ4n) is 6.61. The van der Waals surface area contributed by atoms with E-state index in [2.05, 4.69) is 21.2 Å². The Labute approximate surface area is 294 Å². The van der Waals surface area contributed by atoms with Gasteiger partial charge in [0, 0.05) is 54.6 Å². The number of carbonyl (C=O) groups is 3. The topological polar surface area (TPSA) is 108 Å².